The quantitative estimate of drug-likeness (QED) is 0.899. The molecule has 0 saturated carbocycles. The number of urea groups is 1. The summed E-state index contributed by atoms with van der Waals surface area (Å²) in [6.45, 7) is 4.14. The SMILES string of the molecule is Cc1ccc(N2CC(CCN)CNC2=O)cc1Br. The van der Waals surface area contributed by atoms with Crippen LogP contribution in [0, 0.1) is 12.8 Å². The number of rotatable bonds is 3. The highest BCUT2D eigenvalue weighted by atomic mass is 79.9. The van der Waals surface area contributed by atoms with Gasteiger partial charge in [-0.25, -0.2) is 4.79 Å². The van der Waals surface area contributed by atoms with Gasteiger partial charge in [0.2, 0.25) is 0 Å². The standard InChI is InChI=1S/C13H18BrN3O/c1-9-2-3-11(6-12(9)14)17-8-10(4-5-15)7-16-13(17)18/h2-3,6,10H,4-5,7-8,15H2,1H3,(H,16,18). The number of halogens is 1. The first-order valence-corrected chi connectivity index (χ1v) is 6.92. The Kier molecular flexibility index (Phi) is 4.24. The summed E-state index contributed by atoms with van der Waals surface area (Å²) in [5.41, 5.74) is 7.67. The molecule has 1 unspecified atom stereocenters. The van der Waals surface area contributed by atoms with Crippen molar-refractivity contribution in [3.63, 3.8) is 0 Å². The van der Waals surface area contributed by atoms with Gasteiger partial charge in [0, 0.05) is 23.2 Å². The summed E-state index contributed by atoms with van der Waals surface area (Å²) >= 11 is 3.50. The molecule has 18 heavy (non-hydrogen) atoms. The van der Waals surface area contributed by atoms with Gasteiger partial charge in [0.25, 0.3) is 0 Å². The summed E-state index contributed by atoms with van der Waals surface area (Å²) in [7, 11) is 0. The van der Waals surface area contributed by atoms with Crippen molar-refractivity contribution in [3.05, 3.63) is 28.2 Å². The molecular weight excluding hydrogens is 294 g/mol. The van der Waals surface area contributed by atoms with E-state index >= 15 is 0 Å². The second-order valence-electron chi connectivity index (χ2n) is 4.67. The predicted molar refractivity (Wildman–Crippen MR) is 76.8 cm³/mol. The van der Waals surface area contributed by atoms with E-state index in [9.17, 15) is 4.79 Å². The van der Waals surface area contributed by atoms with Gasteiger partial charge in [-0.05, 0) is 43.5 Å². The second kappa shape index (κ2) is 5.71. The third kappa shape index (κ3) is 2.84. The summed E-state index contributed by atoms with van der Waals surface area (Å²) in [5, 5.41) is 2.92. The van der Waals surface area contributed by atoms with Gasteiger partial charge in [-0.3, -0.25) is 4.90 Å². The van der Waals surface area contributed by atoms with Gasteiger partial charge in [0.1, 0.15) is 0 Å². The molecule has 5 heteroatoms. The molecule has 4 nitrogen and oxygen atoms in total. The van der Waals surface area contributed by atoms with Gasteiger partial charge >= 0.3 is 6.03 Å². The van der Waals surface area contributed by atoms with E-state index < -0.39 is 0 Å². The number of nitrogens with two attached hydrogens (primary N) is 1. The predicted octanol–water partition coefficient (Wildman–Crippen LogP) is 2.25. The van der Waals surface area contributed by atoms with E-state index in [-0.39, 0.29) is 6.03 Å². The van der Waals surface area contributed by atoms with Crippen molar-refractivity contribution in [2.75, 3.05) is 24.5 Å². The Morgan fingerprint density at radius 3 is 3.00 bits per heavy atom. The fraction of sp³-hybridized carbons (Fsp3) is 0.462. The van der Waals surface area contributed by atoms with Gasteiger partial charge in [-0.1, -0.05) is 22.0 Å². The molecule has 1 heterocycles. The molecule has 0 spiro atoms. The highest BCUT2D eigenvalue weighted by Gasteiger charge is 2.25. The molecule has 1 aromatic rings. The van der Waals surface area contributed by atoms with Crippen LogP contribution in [0.25, 0.3) is 0 Å². The van der Waals surface area contributed by atoms with Crippen LogP contribution in [0.15, 0.2) is 22.7 Å². The molecule has 0 aromatic heterocycles. The minimum Gasteiger partial charge on any atom is -0.337 e. The third-order valence-electron chi connectivity index (χ3n) is 3.27. The zero-order valence-electron chi connectivity index (χ0n) is 10.4. The van der Waals surface area contributed by atoms with Crippen molar-refractivity contribution in [1.82, 2.24) is 5.32 Å². The van der Waals surface area contributed by atoms with Gasteiger partial charge in [0.05, 0.1) is 0 Å². The van der Waals surface area contributed by atoms with Crippen LogP contribution in [0.3, 0.4) is 0 Å². The van der Waals surface area contributed by atoms with Crippen LogP contribution < -0.4 is 16.0 Å². The van der Waals surface area contributed by atoms with Crippen molar-refractivity contribution >= 4 is 27.6 Å². The van der Waals surface area contributed by atoms with E-state index in [2.05, 4.69) is 21.2 Å². The number of nitrogens with one attached hydrogen (secondary N) is 1. The van der Waals surface area contributed by atoms with Crippen molar-refractivity contribution in [2.24, 2.45) is 11.7 Å². The van der Waals surface area contributed by atoms with Crippen molar-refractivity contribution in [1.29, 1.82) is 0 Å². The Bertz CT molecular complexity index is 450. The first-order chi connectivity index (χ1) is 8.61. The minimum atomic E-state index is -0.0287. The molecular formula is C13H18BrN3O. The van der Waals surface area contributed by atoms with Gasteiger partial charge in [0.15, 0.2) is 0 Å². The van der Waals surface area contributed by atoms with E-state index in [4.69, 9.17) is 5.73 Å². The Hall–Kier alpha value is -1.07. The first kappa shape index (κ1) is 13.4. The smallest absolute Gasteiger partial charge is 0.321 e. The average molecular weight is 312 g/mol. The van der Waals surface area contributed by atoms with Crippen molar-refractivity contribution < 1.29 is 4.79 Å². The number of nitrogens with zero attached hydrogens (tertiary/aromatic N) is 1. The van der Waals surface area contributed by atoms with Crippen LogP contribution in [0.2, 0.25) is 0 Å². The molecule has 0 bridgehead atoms. The van der Waals surface area contributed by atoms with Crippen LogP contribution in [0.4, 0.5) is 10.5 Å². The summed E-state index contributed by atoms with van der Waals surface area (Å²) in [6.07, 6.45) is 0.934. The van der Waals surface area contributed by atoms with Crippen molar-refractivity contribution in [3.8, 4) is 0 Å². The zero-order chi connectivity index (χ0) is 13.1. The molecule has 3 N–H and O–H groups in total. The van der Waals surface area contributed by atoms with E-state index in [0.29, 0.717) is 12.5 Å². The van der Waals surface area contributed by atoms with Crippen LogP contribution in [0.5, 0.6) is 0 Å². The number of carbonyl (C=O) groups excluding carboxylic acids is 1. The third-order valence-corrected chi connectivity index (χ3v) is 4.12. The molecule has 98 valence electrons. The maximum absolute atomic E-state index is 11.9. The topological polar surface area (TPSA) is 58.4 Å². The Labute approximate surface area is 116 Å². The fourth-order valence-corrected chi connectivity index (χ4v) is 2.50. The normalized spacial score (nSPS) is 19.8. The fourth-order valence-electron chi connectivity index (χ4n) is 2.13. The molecule has 0 radical (unpaired) electrons. The number of carbonyl (C=O) groups is 1. The zero-order valence-corrected chi connectivity index (χ0v) is 12.0. The Morgan fingerprint density at radius 1 is 1.56 bits per heavy atom. The van der Waals surface area contributed by atoms with Gasteiger partial charge in [-0.2, -0.15) is 0 Å². The lowest BCUT2D eigenvalue weighted by atomic mass is 10.0. The first-order valence-electron chi connectivity index (χ1n) is 6.13. The number of amides is 2. The highest BCUT2D eigenvalue weighted by Crippen LogP contribution is 2.25. The van der Waals surface area contributed by atoms with Crippen LogP contribution in [-0.4, -0.2) is 25.7 Å². The molecule has 1 aliphatic rings. The molecule has 1 aliphatic heterocycles. The van der Waals surface area contributed by atoms with E-state index in [1.165, 1.54) is 0 Å². The molecule has 1 fully saturated rings. The summed E-state index contributed by atoms with van der Waals surface area (Å²) in [5.74, 6) is 0.424. The number of hydrogen-bond donors (Lipinski definition) is 2. The summed E-state index contributed by atoms with van der Waals surface area (Å²) in [6, 6.07) is 5.95. The molecule has 1 saturated heterocycles. The average Bonchev–Trinajstić information content (AvgIpc) is 2.35. The monoisotopic (exact) mass is 311 g/mol. The van der Waals surface area contributed by atoms with Gasteiger partial charge < -0.3 is 11.1 Å². The number of anilines is 1. The van der Waals surface area contributed by atoms with E-state index in [1.807, 2.05) is 25.1 Å². The molecule has 1 aromatic carbocycles. The number of benzene rings is 1. The minimum absolute atomic E-state index is 0.0287. The maximum atomic E-state index is 11.9. The Balaban J connectivity index is 2.18. The number of aryl methyl sites for hydroxylation is 1. The highest BCUT2D eigenvalue weighted by molar-refractivity contribution is 9.10. The molecule has 2 rings (SSSR count). The van der Waals surface area contributed by atoms with Crippen LogP contribution in [0.1, 0.15) is 12.0 Å². The molecule has 0 aliphatic carbocycles. The summed E-state index contributed by atoms with van der Waals surface area (Å²) < 4.78 is 1.02. The molecule has 2 amide bonds. The molecule has 1 atom stereocenters. The lowest BCUT2D eigenvalue weighted by Crippen LogP contribution is -2.51. The van der Waals surface area contributed by atoms with Gasteiger partial charge in [-0.15, -0.1) is 0 Å². The van der Waals surface area contributed by atoms with E-state index in [1.54, 1.807) is 4.90 Å². The lowest BCUT2D eigenvalue weighted by molar-refractivity contribution is 0.236. The van der Waals surface area contributed by atoms with Crippen LogP contribution >= 0.6 is 15.9 Å². The summed E-state index contributed by atoms with van der Waals surface area (Å²) in [4.78, 5) is 13.7. The van der Waals surface area contributed by atoms with Crippen molar-refractivity contribution in [2.45, 2.75) is 13.3 Å². The largest absolute Gasteiger partial charge is 0.337 e. The van der Waals surface area contributed by atoms with E-state index in [0.717, 1.165) is 35.2 Å². The van der Waals surface area contributed by atoms with Crippen LogP contribution in [-0.2, 0) is 0 Å². The number of hydrogen-bond acceptors (Lipinski definition) is 2. The maximum Gasteiger partial charge on any atom is 0.321 e. The Morgan fingerprint density at radius 2 is 2.33 bits per heavy atom. The lowest BCUT2D eigenvalue weighted by Gasteiger charge is -2.33. The second-order valence-corrected chi connectivity index (χ2v) is 5.53.